The monoisotopic (exact) mass is 716 g/mol. The molecule has 3 aromatic carbocycles. The van der Waals surface area contributed by atoms with Crippen molar-refractivity contribution in [3.05, 3.63) is 107 Å². The highest BCUT2D eigenvalue weighted by Crippen LogP contribution is 2.36. The van der Waals surface area contributed by atoms with Crippen LogP contribution in [-0.4, -0.2) is 81.0 Å². The fraction of sp³-hybridized carbons (Fsp3) is 0.350. The number of aliphatic hydroxyl groups is 1. The molecule has 4 aromatic rings. The van der Waals surface area contributed by atoms with Gasteiger partial charge in [0.25, 0.3) is 11.8 Å². The number of carbonyl (C=O) groups excluding carboxylic acids is 4. The van der Waals surface area contributed by atoms with E-state index in [4.69, 9.17) is 9.47 Å². The highest BCUT2D eigenvalue weighted by Gasteiger charge is 2.45. The molecule has 0 bridgehead atoms. The molecule has 0 radical (unpaired) electrons. The second-order valence-corrected chi connectivity index (χ2v) is 14.6. The van der Waals surface area contributed by atoms with Gasteiger partial charge in [0.05, 0.1) is 22.9 Å². The van der Waals surface area contributed by atoms with E-state index in [9.17, 15) is 24.3 Å². The molecule has 4 amide bonds. The van der Waals surface area contributed by atoms with Gasteiger partial charge in [0.2, 0.25) is 17.8 Å². The number of fused-ring (bicyclic) bond motifs is 1. The third-order valence-electron chi connectivity index (χ3n) is 10.6. The Kier molecular flexibility index (Phi) is 8.81. The Morgan fingerprint density at radius 1 is 0.887 bits per heavy atom. The number of rotatable bonds is 11. The number of aromatic nitrogens is 2. The Bertz CT molecular complexity index is 2070. The van der Waals surface area contributed by atoms with Crippen molar-refractivity contribution >= 4 is 35.3 Å². The minimum Gasteiger partial charge on any atom is -0.490 e. The van der Waals surface area contributed by atoms with Crippen LogP contribution in [0, 0.1) is 0 Å². The second-order valence-electron chi connectivity index (χ2n) is 14.6. The van der Waals surface area contributed by atoms with Gasteiger partial charge in [-0.05, 0) is 66.1 Å². The van der Waals surface area contributed by atoms with Crippen molar-refractivity contribution in [3.63, 3.8) is 0 Å². The topological polar surface area (TPSA) is 163 Å². The van der Waals surface area contributed by atoms with E-state index in [1.165, 1.54) is 0 Å². The number of imide groups is 2. The number of aliphatic hydroxyl groups excluding tert-OH is 1. The average Bonchev–Trinajstić information content (AvgIpc) is 3.37. The summed E-state index contributed by atoms with van der Waals surface area (Å²) >= 11 is 0. The van der Waals surface area contributed by atoms with Crippen LogP contribution < -0.4 is 25.0 Å². The number of benzene rings is 3. The van der Waals surface area contributed by atoms with Gasteiger partial charge in [-0.2, -0.15) is 0 Å². The van der Waals surface area contributed by atoms with Crippen LogP contribution in [0.15, 0.2) is 79.0 Å². The number of nitrogens with zero attached hydrogens (tertiary/aromatic N) is 4. The number of nitrogens with one attached hydrogen (secondary N) is 2. The molecule has 3 N–H and O–H groups in total. The van der Waals surface area contributed by atoms with Crippen LogP contribution >= 0.6 is 0 Å². The first-order valence-corrected chi connectivity index (χ1v) is 17.9. The number of anilines is 2. The predicted octanol–water partition coefficient (Wildman–Crippen LogP) is 3.99. The molecular weight excluding hydrogens is 676 g/mol. The zero-order valence-electron chi connectivity index (χ0n) is 29.5. The minimum atomic E-state index is -0.988. The van der Waals surface area contributed by atoms with Crippen molar-refractivity contribution in [2.24, 2.45) is 0 Å². The Hall–Kier alpha value is -5.82. The molecule has 8 rings (SSSR count). The number of β-amino-alcohol motifs (C(OH)–C–C–N with tert-alkyl or cyclic N) is 1. The van der Waals surface area contributed by atoms with Gasteiger partial charge in [-0.1, -0.05) is 38.1 Å². The van der Waals surface area contributed by atoms with Crippen molar-refractivity contribution in [2.45, 2.75) is 75.8 Å². The summed E-state index contributed by atoms with van der Waals surface area (Å²) in [4.78, 5) is 61.9. The second kappa shape index (κ2) is 13.6. The van der Waals surface area contributed by atoms with Crippen LogP contribution in [0.4, 0.5) is 11.6 Å². The molecule has 13 heteroatoms. The molecule has 3 aliphatic heterocycles. The zero-order valence-corrected chi connectivity index (χ0v) is 29.5. The van der Waals surface area contributed by atoms with E-state index < -0.39 is 29.7 Å². The fourth-order valence-corrected chi connectivity index (χ4v) is 7.25. The van der Waals surface area contributed by atoms with E-state index in [1.54, 1.807) is 24.4 Å². The maximum absolute atomic E-state index is 13.2. The van der Waals surface area contributed by atoms with Gasteiger partial charge in [0, 0.05) is 55.7 Å². The number of amides is 4. The summed E-state index contributed by atoms with van der Waals surface area (Å²) < 4.78 is 12.3. The smallest absolute Gasteiger partial charge is 0.262 e. The predicted molar refractivity (Wildman–Crippen MR) is 194 cm³/mol. The molecule has 1 saturated carbocycles. The van der Waals surface area contributed by atoms with Gasteiger partial charge in [-0.15, -0.1) is 0 Å². The van der Waals surface area contributed by atoms with Crippen molar-refractivity contribution in [1.82, 2.24) is 20.2 Å². The third-order valence-corrected chi connectivity index (χ3v) is 10.6. The lowest BCUT2D eigenvalue weighted by molar-refractivity contribution is -0.136. The number of ether oxygens (including phenoxy) is 2. The number of hydrogen-bond donors (Lipinski definition) is 3. The molecular formula is C40H40N6O7. The van der Waals surface area contributed by atoms with Gasteiger partial charge in [0.1, 0.15) is 30.3 Å². The Morgan fingerprint density at radius 2 is 1.57 bits per heavy atom. The summed E-state index contributed by atoms with van der Waals surface area (Å²) in [7, 11) is 0. The van der Waals surface area contributed by atoms with E-state index in [-0.39, 0.29) is 47.6 Å². The number of carbonyl (C=O) groups is 4. The summed E-state index contributed by atoms with van der Waals surface area (Å²) in [6.07, 6.45) is 3.18. The summed E-state index contributed by atoms with van der Waals surface area (Å²) in [6.45, 7) is 5.78. The number of hydrogen-bond acceptors (Lipinski definition) is 11. The van der Waals surface area contributed by atoms with Crippen molar-refractivity contribution in [2.75, 3.05) is 23.3 Å². The summed E-state index contributed by atoms with van der Waals surface area (Å²) in [5, 5.41) is 15.2. The molecule has 0 spiro atoms. The largest absolute Gasteiger partial charge is 0.490 e. The molecule has 1 unspecified atom stereocenters. The minimum absolute atomic E-state index is 0.0390. The molecule has 1 aromatic heterocycles. The average molecular weight is 717 g/mol. The fourth-order valence-electron chi connectivity index (χ4n) is 7.25. The Morgan fingerprint density at radius 3 is 2.25 bits per heavy atom. The lowest BCUT2D eigenvalue weighted by Crippen LogP contribution is -2.54. The van der Waals surface area contributed by atoms with Crippen LogP contribution in [0.5, 0.6) is 11.5 Å². The van der Waals surface area contributed by atoms with E-state index >= 15 is 0 Å². The van der Waals surface area contributed by atoms with Crippen molar-refractivity contribution < 1.29 is 33.8 Å². The standard InChI is InChI=1S/C40H40N6O7/c1-40(2,23-3-8-29(9-4-23)52-22-26-15-16-41-39(43-26)45-20-28(47)21-45)24-5-10-30(11-6-24)53-31-17-27(18-31)42-25-7-12-32-33(19-25)38(51)46(37(32)50)34-13-14-35(48)44-36(34)49/h3-12,15-16,19,27-28,31,34,42,47H,13-14,17-18,20-22H2,1-2H3,(H,44,48,49)/t27-,31+,34?. The summed E-state index contributed by atoms with van der Waals surface area (Å²) in [5.74, 6) is 0.0813. The van der Waals surface area contributed by atoms with Crippen LogP contribution in [0.25, 0.3) is 0 Å². The van der Waals surface area contributed by atoms with Gasteiger partial charge in [-0.25, -0.2) is 9.97 Å². The highest BCUT2D eigenvalue weighted by molar-refractivity contribution is 6.23. The van der Waals surface area contributed by atoms with Crippen LogP contribution in [-0.2, 0) is 21.6 Å². The maximum Gasteiger partial charge on any atom is 0.262 e. The Labute approximate surface area is 306 Å². The molecule has 1 atom stereocenters. The number of piperidine rings is 1. The first kappa shape index (κ1) is 34.3. The molecule has 272 valence electrons. The Balaban J connectivity index is 0.816. The quantitative estimate of drug-likeness (QED) is 0.193. The summed E-state index contributed by atoms with van der Waals surface area (Å²) in [5.41, 5.74) is 4.04. The van der Waals surface area contributed by atoms with Gasteiger partial charge < -0.3 is 24.8 Å². The van der Waals surface area contributed by atoms with Crippen molar-refractivity contribution in [1.29, 1.82) is 0 Å². The molecule has 4 aliphatic rings. The molecule has 2 saturated heterocycles. The SMILES string of the molecule is CC(C)(c1ccc(OCc2ccnc(N3CC(O)C3)n2)cc1)c1ccc(O[C@H]2C[C@@H](Nc3ccc4c(c3)C(=O)N(C3CCC(=O)NC3=O)C4=O)C2)cc1. The molecule has 53 heavy (non-hydrogen) atoms. The van der Waals surface area contributed by atoms with E-state index in [2.05, 4.69) is 58.7 Å². The van der Waals surface area contributed by atoms with Crippen LogP contribution in [0.1, 0.15) is 77.1 Å². The van der Waals surface area contributed by atoms with E-state index in [0.717, 1.165) is 46.1 Å². The van der Waals surface area contributed by atoms with Crippen LogP contribution in [0.2, 0.25) is 0 Å². The zero-order chi connectivity index (χ0) is 36.9. The highest BCUT2D eigenvalue weighted by atomic mass is 16.5. The summed E-state index contributed by atoms with van der Waals surface area (Å²) in [6, 6.07) is 22.3. The van der Waals surface area contributed by atoms with E-state index in [0.29, 0.717) is 31.3 Å². The maximum atomic E-state index is 13.2. The van der Waals surface area contributed by atoms with Crippen molar-refractivity contribution in [3.8, 4) is 11.5 Å². The first-order valence-electron chi connectivity index (χ1n) is 17.9. The van der Waals surface area contributed by atoms with Gasteiger partial charge >= 0.3 is 0 Å². The van der Waals surface area contributed by atoms with Crippen LogP contribution in [0.3, 0.4) is 0 Å². The van der Waals surface area contributed by atoms with E-state index in [1.807, 2.05) is 35.2 Å². The lowest BCUT2D eigenvalue weighted by atomic mass is 9.78. The molecule has 13 nitrogen and oxygen atoms in total. The molecule has 4 heterocycles. The van der Waals surface area contributed by atoms with Gasteiger partial charge in [0.15, 0.2) is 0 Å². The normalized spacial score (nSPS) is 21.5. The molecule has 3 fully saturated rings. The lowest BCUT2D eigenvalue weighted by Gasteiger charge is -2.36. The van der Waals surface area contributed by atoms with Gasteiger partial charge in [-0.3, -0.25) is 29.4 Å². The third kappa shape index (κ3) is 6.79. The first-order chi connectivity index (χ1) is 25.5. The molecule has 1 aliphatic carbocycles.